The van der Waals surface area contributed by atoms with Gasteiger partial charge in [0, 0.05) is 35.9 Å². The summed E-state index contributed by atoms with van der Waals surface area (Å²) >= 11 is 5.61. The lowest BCUT2D eigenvalue weighted by atomic mass is 10.2. The molecule has 6 nitrogen and oxygen atoms in total. The van der Waals surface area contributed by atoms with Crippen molar-refractivity contribution >= 4 is 54.6 Å². The molecule has 0 bridgehead atoms. The molecule has 33 heavy (non-hydrogen) atoms. The number of nitrogens with one attached hydrogen (secondary N) is 2. The molecule has 168 valence electrons. The zero-order chi connectivity index (χ0) is 23.6. The van der Waals surface area contributed by atoms with Crippen molar-refractivity contribution in [2.75, 3.05) is 10.6 Å². The van der Waals surface area contributed by atoms with Gasteiger partial charge in [-0.2, -0.15) is 13.2 Å². The highest BCUT2D eigenvalue weighted by Crippen LogP contribution is 2.36. The number of alkyl halides is 3. The minimum Gasteiger partial charge on any atom is -0.457 e. The maximum atomic E-state index is 13.0. The van der Waals surface area contributed by atoms with Crippen LogP contribution < -0.4 is 20.7 Å². The molecule has 0 saturated heterocycles. The summed E-state index contributed by atoms with van der Waals surface area (Å²) < 4.78 is 45.0. The third-order valence-electron chi connectivity index (χ3n) is 4.39. The van der Waals surface area contributed by atoms with Gasteiger partial charge in [-0.25, -0.2) is 4.79 Å². The van der Waals surface area contributed by atoms with Gasteiger partial charge in [0.15, 0.2) is 0 Å². The Bertz CT molecular complexity index is 1350. The minimum absolute atomic E-state index is 0.0556. The SMILES string of the molecule is O=C(Nc1cc(P)cc(Oc2ccc3nccnc3c2)c1)Nc1ccc(Cl)c(C(F)(F)F)c1. The van der Waals surface area contributed by atoms with Crippen LogP contribution in [-0.4, -0.2) is 16.0 Å². The van der Waals surface area contributed by atoms with Crippen molar-refractivity contribution in [2.24, 2.45) is 0 Å². The Morgan fingerprint density at radius 3 is 2.36 bits per heavy atom. The first kappa shape index (κ1) is 22.8. The second kappa shape index (κ2) is 9.21. The number of amides is 2. The second-order valence-electron chi connectivity index (χ2n) is 6.87. The molecule has 1 unspecified atom stereocenters. The van der Waals surface area contributed by atoms with Gasteiger partial charge in [0.1, 0.15) is 11.5 Å². The van der Waals surface area contributed by atoms with Gasteiger partial charge in [0.05, 0.1) is 21.6 Å². The first-order valence-corrected chi connectivity index (χ1v) is 10.4. The summed E-state index contributed by atoms with van der Waals surface area (Å²) in [6, 6.07) is 12.6. The van der Waals surface area contributed by atoms with E-state index in [1.54, 1.807) is 48.8 Å². The predicted octanol–water partition coefficient (Wildman–Crippen LogP) is 6.24. The molecule has 0 saturated carbocycles. The maximum Gasteiger partial charge on any atom is 0.417 e. The molecule has 0 aliphatic heterocycles. The number of halogens is 4. The van der Waals surface area contributed by atoms with Crippen LogP contribution in [0.2, 0.25) is 5.02 Å². The number of aromatic nitrogens is 2. The van der Waals surface area contributed by atoms with Gasteiger partial charge in [-0.3, -0.25) is 9.97 Å². The standard InChI is InChI=1S/C22H15ClF3N4O2P/c23-18-3-1-12(9-17(18)22(24,25)26)29-21(31)30-13-7-15(10-16(33)8-13)32-14-2-4-19-20(11-14)28-6-5-27-19/h1-11H,33H2,(H2,29,30,31). The van der Waals surface area contributed by atoms with E-state index in [2.05, 4.69) is 29.8 Å². The Morgan fingerprint density at radius 1 is 0.879 bits per heavy atom. The number of hydrogen-bond acceptors (Lipinski definition) is 4. The predicted molar refractivity (Wildman–Crippen MR) is 124 cm³/mol. The Hall–Kier alpha value is -3.42. The van der Waals surface area contributed by atoms with Gasteiger partial charge in [-0.15, -0.1) is 9.24 Å². The smallest absolute Gasteiger partial charge is 0.417 e. The van der Waals surface area contributed by atoms with Crippen molar-refractivity contribution in [2.45, 2.75) is 6.18 Å². The van der Waals surface area contributed by atoms with Gasteiger partial charge >= 0.3 is 12.2 Å². The number of nitrogens with zero attached hydrogens (tertiary/aromatic N) is 2. The van der Waals surface area contributed by atoms with E-state index in [1.165, 1.54) is 6.07 Å². The lowest BCUT2D eigenvalue weighted by Gasteiger charge is -2.13. The molecule has 0 aliphatic rings. The first-order chi connectivity index (χ1) is 15.7. The van der Waals surface area contributed by atoms with Crippen LogP contribution >= 0.6 is 20.8 Å². The molecule has 1 atom stereocenters. The van der Waals surface area contributed by atoms with Crippen LogP contribution in [0.4, 0.5) is 29.3 Å². The number of ether oxygens (including phenoxy) is 1. The lowest BCUT2D eigenvalue weighted by molar-refractivity contribution is -0.137. The molecule has 0 aliphatic carbocycles. The number of anilines is 2. The lowest BCUT2D eigenvalue weighted by Crippen LogP contribution is -2.20. The zero-order valence-corrected chi connectivity index (χ0v) is 18.6. The van der Waals surface area contributed by atoms with Crippen LogP contribution in [0.1, 0.15) is 5.56 Å². The average molecular weight is 491 g/mol. The fourth-order valence-electron chi connectivity index (χ4n) is 3.01. The van der Waals surface area contributed by atoms with E-state index >= 15 is 0 Å². The van der Waals surface area contributed by atoms with Gasteiger partial charge in [0.25, 0.3) is 0 Å². The van der Waals surface area contributed by atoms with Crippen LogP contribution in [0.15, 0.2) is 67.0 Å². The van der Waals surface area contributed by atoms with Gasteiger partial charge in [-0.1, -0.05) is 11.6 Å². The van der Waals surface area contributed by atoms with Crippen molar-refractivity contribution < 1.29 is 22.7 Å². The molecule has 4 aromatic rings. The van der Waals surface area contributed by atoms with E-state index in [0.29, 0.717) is 28.0 Å². The summed E-state index contributed by atoms with van der Waals surface area (Å²) in [5, 5.41) is 5.21. The molecule has 0 spiro atoms. The van der Waals surface area contributed by atoms with E-state index in [1.807, 2.05) is 0 Å². The Balaban J connectivity index is 1.49. The van der Waals surface area contributed by atoms with Crippen molar-refractivity contribution in [3.63, 3.8) is 0 Å². The fraction of sp³-hybridized carbons (Fsp3) is 0.0455. The molecule has 2 amide bonds. The van der Waals surface area contributed by atoms with E-state index < -0.39 is 22.8 Å². The Kier molecular flexibility index (Phi) is 6.35. The highest BCUT2D eigenvalue weighted by atomic mass is 35.5. The largest absolute Gasteiger partial charge is 0.457 e. The molecule has 0 fully saturated rings. The first-order valence-electron chi connectivity index (χ1n) is 9.41. The van der Waals surface area contributed by atoms with Gasteiger partial charge in [0.2, 0.25) is 0 Å². The topological polar surface area (TPSA) is 76.1 Å². The molecule has 3 aromatic carbocycles. The van der Waals surface area contributed by atoms with E-state index in [-0.39, 0.29) is 5.69 Å². The number of hydrogen-bond donors (Lipinski definition) is 2. The zero-order valence-electron chi connectivity index (χ0n) is 16.7. The van der Waals surface area contributed by atoms with Crippen LogP contribution in [0.3, 0.4) is 0 Å². The summed E-state index contributed by atoms with van der Waals surface area (Å²) in [4.78, 5) is 20.8. The molecule has 1 heterocycles. The summed E-state index contributed by atoms with van der Waals surface area (Å²) in [7, 11) is 2.50. The van der Waals surface area contributed by atoms with E-state index in [9.17, 15) is 18.0 Å². The Labute approximate surface area is 193 Å². The average Bonchev–Trinajstić information content (AvgIpc) is 2.73. The third kappa shape index (κ3) is 5.69. The van der Waals surface area contributed by atoms with Crippen LogP contribution in [0, 0.1) is 0 Å². The molecule has 0 radical (unpaired) electrons. The summed E-state index contributed by atoms with van der Waals surface area (Å²) in [6.07, 6.45) is -1.47. The van der Waals surface area contributed by atoms with Gasteiger partial charge in [-0.05, 0) is 47.8 Å². The molecular formula is C22H15ClF3N4O2P. The van der Waals surface area contributed by atoms with Crippen molar-refractivity contribution in [3.8, 4) is 11.5 Å². The van der Waals surface area contributed by atoms with Crippen molar-refractivity contribution in [3.05, 3.63) is 77.6 Å². The van der Waals surface area contributed by atoms with Crippen molar-refractivity contribution in [1.29, 1.82) is 0 Å². The second-order valence-corrected chi connectivity index (χ2v) is 7.95. The highest BCUT2D eigenvalue weighted by Gasteiger charge is 2.33. The maximum absolute atomic E-state index is 13.0. The fourth-order valence-corrected chi connectivity index (χ4v) is 3.58. The highest BCUT2D eigenvalue weighted by molar-refractivity contribution is 7.27. The van der Waals surface area contributed by atoms with Gasteiger partial charge < -0.3 is 15.4 Å². The number of carbonyl (C=O) groups is 1. The molecule has 2 N–H and O–H groups in total. The monoisotopic (exact) mass is 490 g/mol. The number of benzene rings is 3. The van der Waals surface area contributed by atoms with Crippen LogP contribution in [0.25, 0.3) is 11.0 Å². The van der Waals surface area contributed by atoms with Crippen molar-refractivity contribution in [1.82, 2.24) is 9.97 Å². The molecule has 11 heteroatoms. The number of fused-ring (bicyclic) bond motifs is 1. The molecule has 4 rings (SSSR count). The minimum atomic E-state index is -4.64. The molecule has 1 aromatic heterocycles. The number of rotatable bonds is 4. The summed E-state index contributed by atoms with van der Waals surface area (Å²) in [6.45, 7) is 0. The summed E-state index contributed by atoms with van der Waals surface area (Å²) in [5.41, 5.74) is 0.667. The third-order valence-corrected chi connectivity index (χ3v) is 5.06. The quantitative estimate of drug-likeness (QED) is 0.332. The normalized spacial score (nSPS) is 11.3. The number of carbonyl (C=O) groups excluding carboxylic acids is 1. The van der Waals surface area contributed by atoms with E-state index in [4.69, 9.17) is 16.3 Å². The summed E-state index contributed by atoms with van der Waals surface area (Å²) in [5.74, 6) is 0.960. The van der Waals surface area contributed by atoms with Crippen LogP contribution in [-0.2, 0) is 6.18 Å². The number of urea groups is 1. The Morgan fingerprint density at radius 2 is 1.61 bits per heavy atom. The molecular weight excluding hydrogens is 476 g/mol. The van der Waals surface area contributed by atoms with Crippen LogP contribution in [0.5, 0.6) is 11.5 Å². The van der Waals surface area contributed by atoms with E-state index in [0.717, 1.165) is 17.6 Å².